The molecule has 2 rings (SSSR count). The fourth-order valence-electron chi connectivity index (χ4n) is 2.07. The third-order valence-corrected chi connectivity index (χ3v) is 5.14. The van der Waals surface area contributed by atoms with Gasteiger partial charge in [0.2, 0.25) is 0 Å². The molecule has 16 heavy (non-hydrogen) atoms. The van der Waals surface area contributed by atoms with Crippen molar-refractivity contribution in [2.24, 2.45) is 5.92 Å². The number of hydrogen-bond acceptors (Lipinski definition) is 2. The Bertz CT molecular complexity index is 323. The van der Waals surface area contributed by atoms with Crippen LogP contribution in [0.1, 0.15) is 19.3 Å². The summed E-state index contributed by atoms with van der Waals surface area (Å²) in [6, 6.07) is 8.49. The number of hydrogen-bond donors (Lipinski definition) is 1. The maximum atomic E-state index is 3.59. The van der Waals surface area contributed by atoms with E-state index in [2.05, 4.69) is 45.5 Å². The molecule has 0 radical (unpaired) electrons. The molecule has 1 N–H and O–H groups in total. The summed E-state index contributed by atoms with van der Waals surface area (Å²) in [6.45, 7) is 2.43. The molecule has 0 unspecified atom stereocenters. The van der Waals surface area contributed by atoms with E-state index in [1.165, 1.54) is 47.5 Å². The van der Waals surface area contributed by atoms with Crippen LogP contribution in [-0.4, -0.2) is 18.8 Å². The van der Waals surface area contributed by atoms with Crippen molar-refractivity contribution < 1.29 is 0 Å². The van der Waals surface area contributed by atoms with Crippen LogP contribution in [0.5, 0.6) is 0 Å². The quantitative estimate of drug-likeness (QED) is 0.846. The minimum Gasteiger partial charge on any atom is -0.317 e. The molecule has 0 saturated carbocycles. The zero-order valence-electron chi connectivity index (χ0n) is 9.42. The Morgan fingerprint density at radius 1 is 1.25 bits per heavy atom. The van der Waals surface area contributed by atoms with Gasteiger partial charge in [0.25, 0.3) is 0 Å². The van der Waals surface area contributed by atoms with Crippen LogP contribution in [0.2, 0.25) is 0 Å². The molecule has 1 aromatic rings. The highest BCUT2D eigenvalue weighted by atomic mass is 79.9. The summed E-state index contributed by atoms with van der Waals surface area (Å²) < 4.78 is 1.23. The highest BCUT2D eigenvalue weighted by Crippen LogP contribution is 2.29. The molecule has 0 aromatic heterocycles. The van der Waals surface area contributed by atoms with Gasteiger partial charge in [-0.05, 0) is 72.1 Å². The number of piperidine rings is 1. The Labute approximate surface area is 111 Å². The van der Waals surface area contributed by atoms with E-state index in [1.807, 2.05) is 11.8 Å². The van der Waals surface area contributed by atoms with Crippen molar-refractivity contribution in [1.82, 2.24) is 5.32 Å². The third-order valence-electron chi connectivity index (χ3n) is 3.08. The van der Waals surface area contributed by atoms with Gasteiger partial charge in [0.05, 0.1) is 0 Å². The van der Waals surface area contributed by atoms with Gasteiger partial charge in [-0.15, -0.1) is 11.8 Å². The normalized spacial score (nSPS) is 17.6. The summed E-state index contributed by atoms with van der Waals surface area (Å²) in [5.41, 5.74) is 0. The summed E-state index contributed by atoms with van der Waals surface area (Å²) in [5.74, 6) is 2.18. The van der Waals surface area contributed by atoms with Gasteiger partial charge in [-0.3, -0.25) is 0 Å². The first-order valence-corrected chi connectivity index (χ1v) is 7.72. The summed E-state index contributed by atoms with van der Waals surface area (Å²) >= 11 is 5.57. The molecular weight excluding hydrogens is 282 g/mol. The molecule has 1 nitrogen and oxygen atoms in total. The molecule has 1 aromatic carbocycles. The highest BCUT2D eigenvalue weighted by Gasteiger charge is 2.12. The SMILES string of the molecule is Brc1ccccc1SCCC1CCNCC1. The lowest BCUT2D eigenvalue weighted by Crippen LogP contribution is -2.27. The fraction of sp³-hybridized carbons (Fsp3) is 0.538. The van der Waals surface area contributed by atoms with Crippen LogP contribution in [0, 0.1) is 5.92 Å². The summed E-state index contributed by atoms with van der Waals surface area (Å²) in [7, 11) is 0. The van der Waals surface area contributed by atoms with Crippen LogP contribution >= 0.6 is 27.7 Å². The van der Waals surface area contributed by atoms with Gasteiger partial charge >= 0.3 is 0 Å². The first kappa shape index (κ1) is 12.5. The topological polar surface area (TPSA) is 12.0 Å². The lowest BCUT2D eigenvalue weighted by molar-refractivity contribution is 0.367. The van der Waals surface area contributed by atoms with Crippen molar-refractivity contribution in [2.45, 2.75) is 24.2 Å². The van der Waals surface area contributed by atoms with Gasteiger partial charge in [0.1, 0.15) is 0 Å². The second-order valence-electron chi connectivity index (χ2n) is 4.26. The summed E-state index contributed by atoms with van der Waals surface area (Å²) in [4.78, 5) is 1.37. The average molecular weight is 300 g/mol. The van der Waals surface area contributed by atoms with Crippen LogP contribution in [-0.2, 0) is 0 Å². The Morgan fingerprint density at radius 3 is 2.75 bits per heavy atom. The number of benzene rings is 1. The van der Waals surface area contributed by atoms with Crippen LogP contribution < -0.4 is 5.32 Å². The van der Waals surface area contributed by atoms with E-state index < -0.39 is 0 Å². The molecule has 1 heterocycles. The molecular formula is C13H18BrNS. The van der Waals surface area contributed by atoms with E-state index in [4.69, 9.17) is 0 Å². The van der Waals surface area contributed by atoms with E-state index in [9.17, 15) is 0 Å². The first-order valence-electron chi connectivity index (χ1n) is 5.94. The third kappa shape index (κ3) is 3.79. The fourth-order valence-corrected chi connectivity index (χ4v) is 3.75. The largest absolute Gasteiger partial charge is 0.317 e. The molecule has 88 valence electrons. The van der Waals surface area contributed by atoms with Crippen molar-refractivity contribution in [1.29, 1.82) is 0 Å². The standard InChI is InChI=1S/C13H18BrNS/c14-12-3-1-2-4-13(12)16-10-7-11-5-8-15-9-6-11/h1-4,11,15H,5-10H2. The molecule has 0 amide bonds. The minimum atomic E-state index is 0.941. The molecule has 1 aliphatic rings. The van der Waals surface area contributed by atoms with E-state index in [0.717, 1.165) is 5.92 Å². The second-order valence-corrected chi connectivity index (χ2v) is 6.25. The monoisotopic (exact) mass is 299 g/mol. The smallest absolute Gasteiger partial charge is 0.0311 e. The second kappa shape index (κ2) is 6.67. The zero-order chi connectivity index (χ0) is 11.2. The maximum absolute atomic E-state index is 3.59. The van der Waals surface area contributed by atoms with Crippen molar-refractivity contribution in [3.05, 3.63) is 28.7 Å². The van der Waals surface area contributed by atoms with Crippen molar-refractivity contribution in [3.63, 3.8) is 0 Å². The van der Waals surface area contributed by atoms with Gasteiger partial charge in [-0.1, -0.05) is 12.1 Å². The molecule has 1 saturated heterocycles. The summed E-state index contributed by atoms with van der Waals surface area (Å²) in [6.07, 6.45) is 4.07. The van der Waals surface area contributed by atoms with Crippen LogP contribution in [0.25, 0.3) is 0 Å². The van der Waals surface area contributed by atoms with E-state index in [1.54, 1.807) is 0 Å². The number of halogens is 1. The Kier molecular flexibility index (Phi) is 5.20. The lowest BCUT2D eigenvalue weighted by atomic mass is 9.96. The number of nitrogens with one attached hydrogen (secondary N) is 1. The van der Waals surface area contributed by atoms with E-state index >= 15 is 0 Å². The molecule has 0 aliphatic carbocycles. The van der Waals surface area contributed by atoms with Gasteiger partial charge < -0.3 is 5.32 Å². The van der Waals surface area contributed by atoms with Crippen molar-refractivity contribution in [3.8, 4) is 0 Å². The van der Waals surface area contributed by atoms with E-state index in [0.29, 0.717) is 0 Å². The lowest BCUT2D eigenvalue weighted by Gasteiger charge is -2.22. The highest BCUT2D eigenvalue weighted by molar-refractivity contribution is 9.10. The number of thioether (sulfide) groups is 1. The van der Waals surface area contributed by atoms with Crippen molar-refractivity contribution >= 4 is 27.7 Å². The van der Waals surface area contributed by atoms with Crippen LogP contribution in [0.3, 0.4) is 0 Å². The molecule has 1 fully saturated rings. The minimum absolute atomic E-state index is 0.941. The Hall–Kier alpha value is 0.01000. The van der Waals surface area contributed by atoms with Gasteiger partial charge in [-0.2, -0.15) is 0 Å². The molecule has 3 heteroatoms. The molecule has 1 aliphatic heterocycles. The van der Waals surface area contributed by atoms with E-state index in [-0.39, 0.29) is 0 Å². The molecule has 0 spiro atoms. The van der Waals surface area contributed by atoms with Crippen LogP contribution in [0.4, 0.5) is 0 Å². The van der Waals surface area contributed by atoms with Crippen LogP contribution in [0.15, 0.2) is 33.6 Å². The number of rotatable bonds is 4. The van der Waals surface area contributed by atoms with Gasteiger partial charge in [0.15, 0.2) is 0 Å². The van der Waals surface area contributed by atoms with Gasteiger partial charge in [-0.25, -0.2) is 0 Å². The predicted molar refractivity (Wildman–Crippen MR) is 75.1 cm³/mol. The Balaban J connectivity index is 1.73. The first-order chi connectivity index (χ1) is 7.86. The predicted octanol–water partition coefficient (Wildman–Crippen LogP) is 3.93. The Morgan fingerprint density at radius 2 is 2.00 bits per heavy atom. The average Bonchev–Trinajstić information content (AvgIpc) is 2.33. The molecule has 0 bridgehead atoms. The zero-order valence-corrected chi connectivity index (χ0v) is 11.8. The van der Waals surface area contributed by atoms with Crippen molar-refractivity contribution in [2.75, 3.05) is 18.8 Å². The maximum Gasteiger partial charge on any atom is 0.0311 e. The molecule has 0 atom stereocenters. The summed E-state index contributed by atoms with van der Waals surface area (Å²) in [5, 5.41) is 3.42. The van der Waals surface area contributed by atoms with Gasteiger partial charge in [0, 0.05) is 9.37 Å².